The van der Waals surface area contributed by atoms with Gasteiger partial charge in [0.2, 0.25) is 5.91 Å². The molecule has 2 aliphatic rings. The Hall–Kier alpha value is -0.180. The Morgan fingerprint density at radius 3 is 2.67 bits per heavy atom. The molecule has 2 nitrogen and oxygen atoms in total. The molecule has 68 valence electrons. The maximum atomic E-state index is 11.6. The smallest absolute Gasteiger partial charge is 0.236 e. The molecular formula is C9H15NOS. The van der Waals surface area contributed by atoms with E-state index in [9.17, 15) is 4.79 Å². The van der Waals surface area contributed by atoms with Gasteiger partial charge < -0.3 is 5.32 Å². The second-order valence-corrected chi connectivity index (χ2v) is 5.14. The Kier molecular flexibility index (Phi) is 2.31. The molecule has 1 heterocycles. The van der Waals surface area contributed by atoms with Gasteiger partial charge in [0.05, 0.1) is 4.75 Å². The van der Waals surface area contributed by atoms with Gasteiger partial charge in [0, 0.05) is 12.3 Å². The fourth-order valence-corrected chi connectivity index (χ4v) is 3.51. The highest BCUT2D eigenvalue weighted by atomic mass is 32.2. The van der Waals surface area contributed by atoms with Crippen molar-refractivity contribution in [3.8, 4) is 0 Å². The van der Waals surface area contributed by atoms with E-state index in [1.807, 2.05) is 11.8 Å². The highest BCUT2D eigenvalue weighted by Gasteiger charge is 2.41. The van der Waals surface area contributed by atoms with Gasteiger partial charge in [0.25, 0.3) is 0 Å². The molecule has 1 amide bonds. The van der Waals surface area contributed by atoms with Gasteiger partial charge in [-0.15, -0.1) is 11.8 Å². The van der Waals surface area contributed by atoms with E-state index in [-0.39, 0.29) is 4.75 Å². The molecule has 0 unspecified atom stereocenters. The Morgan fingerprint density at radius 1 is 1.25 bits per heavy atom. The average molecular weight is 185 g/mol. The molecule has 0 bridgehead atoms. The predicted molar refractivity (Wildman–Crippen MR) is 51.3 cm³/mol. The van der Waals surface area contributed by atoms with Crippen molar-refractivity contribution in [3.63, 3.8) is 0 Å². The molecule has 1 spiro atoms. The standard InChI is InChI=1S/C9H15NOS/c11-8-9(12-7-6-10-8)4-2-1-3-5-9/h1-7H2,(H,10,11). The van der Waals surface area contributed by atoms with E-state index in [1.54, 1.807) is 0 Å². The van der Waals surface area contributed by atoms with Crippen LogP contribution >= 0.6 is 11.8 Å². The minimum Gasteiger partial charge on any atom is -0.354 e. The zero-order chi connectivity index (χ0) is 8.44. The van der Waals surface area contributed by atoms with Gasteiger partial charge in [0.1, 0.15) is 0 Å². The van der Waals surface area contributed by atoms with E-state index in [0.717, 1.165) is 25.1 Å². The van der Waals surface area contributed by atoms with Crippen LogP contribution in [0.25, 0.3) is 0 Å². The van der Waals surface area contributed by atoms with Crippen LogP contribution in [0.3, 0.4) is 0 Å². The van der Waals surface area contributed by atoms with Crippen molar-refractivity contribution >= 4 is 17.7 Å². The fraction of sp³-hybridized carbons (Fsp3) is 0.889. The third-order valence-electron chi connectivity index (χ3n) is 2.84. The second-order valence-electron chi connectivity index (χ2n) is 3.66. The van der Waals surface area contributed by atoms with Crippen molar-refractivity contribution in [2.75, 3.05) is 12.3 Å². The van der Waals surface area contributed by atoms with E-state index in [4.69, 9.17) is 0 Å². The third-order valence-corrected chi connectivity index (χ3v) is 4.40. The molecule has 1 aliphatic carbocycles. The van der Waals surface area contributed by atoms with E-state index in [1.165, 1.54) is 19.3 Å². The van der Waals surface area contributed by atoms with Crippen molar-refractivity contribution in [2.45, 2.75) is 36.9 Å². The third kappa shape index (κ3) is 1.35. The maximum absolute atomic E-state index is 11.6. The molecule has 2 rings (SSSR count). The molecule has 0 radical (unpaired) electrons. The zero-order valence-corrected chi connectivity index (χ0v) is 8.08. The van der Waals surface area contributed by atoms with Gasteiger partial charge in [-0.3, -0.25) is 4.79 Å². The number of amides is 1. The number of rotatable bonds is 0. The first-order valence-corrected chi connectivity index (χ1v) is 5.74. The van der Waals surface area contributed by atoms with Crippen molar-refractivity contribution in [1.82, 2.24) is 5.32 Å². The van der Waals surface area contributed by atoms with Gasteiger partial charge in [-0.2, -0.15) is 0 Å². The monoisotopic (exact) mass is 185 g/mol. The largest absolute Gasteiger partial charge is 0.354 e. The molecular weight excluding hydrogens is 170 g/mol. The summed E-state index contributed by atoms with van der Waals surface area (Å²) < 4.78 is -0.0174. The van der Waals surface area contributed by atoms with Crippen LogP contribution in [-0.4, -0.2) is 23.0 Å². The van der Waals surface area contributed by atoms with Crippen LogP contribution in [0.1, 0.15) is 32.1 Å². The van der Waals surface area contributed by atoms with Gasteiger partial charge in [-0.1, -0.05) is 19.3 Å². The Labute approximate surface area is 77.5 Å². The van der Waals surface area contributed by atoms with Crippen molar-refractivity contribution in [2.24, 2.45) is 0 Å². The van der Waals surface area contributed by atoms with Gasteiger partial charge >= 0.3 is 0 Å². The summed E-state index contributed by atoms with van der Waals surface area (Å²) >= 11 is 1.88. The number of hydrogen-bond donors (Lipinski definition) is 1. The van der Waals surface area contributed by atoms with E-state index < -0.39 is 0 Å². The molecule has 1 saturated heterocycles. The molecule has 3 heteroatoms. The van der Waals surface area contributed by atoms with Crippen LogP contribution in [0.5, 0.6) is 0 Å². The maximum Gasteiger partial charge on any atom is 0.236 e. The molecule has 0 aromatic carbocycles. The second kappa shape index (κ2) is 3.29. The summed E-state index contributed by atoms with van der Waals surface area (Å²) in [7, 11) is 0. The number of hydrogen-bond acceptors (Lipinski definition) is 2. The first kappa shape index (κ1) is 8.42. The van der Waals surface area contributed by atoms with Crippen LogP contribution in [0.4, 0.5) is 0 Å². The van der Waals surface area contributed by atoms with Gasteiger partial charge in [-0.05, 0) is 12.8 Å². The topological polar surface area (TPSA) is 29.1 Å². The summed E-state index contributed by atoms with van der Waals surface area (Å²) in [5.41, 5.74) is 0. The Morgan fingerprint density at radius 2 is 2.00 bits per heavy atom. The average Bonchev–Trinajstić information content (AvgIpc) is 2.12. The quantitative estimate of drug-likeness (QED) is 0.620. The van der Waals surface area contributed by atoms with Gasteiger partial charge in [-0.25, -0.2) is 0 Å². The van der Waals surface area contributed by atoms with Crippen LogP contribution in [0.2, 0.25) is 0 Å². The molecule has 0 aromatic heterocycles. The minimum absolute atomic E-state index is 0.0174. The first-order valence-electron chi connectivity index (χ1n) is 4.76. The number of nitrogens with one attached hydrogen (secondary N) is 1. The van der Waals surface area contributed by atoms with Crippen molar-refractivity contribution in [3.05, 3.63) is 0 Å². The molecule has 1 aliphatic heterocycles. The lowest BCUT2D eigenvalue weighted by Crippen LogP contribution is -2.50. The van der Waals surface area contributed by atoms with Crippen LogP contribution in [-0.2, 0) is 4.79 Å². The van der Waals surface area contributed by atoms with E-state index >= 15 is 0 Å². The molecule has 12 heavy (non-hydrogen) atoms. The molecule has 0 aromatic rings. The van der Waals surface area contributed by atoms with Crippen molar-refractivity contribution < 1.29 is 4.79 Å². The summed E-state index contributed by atoms with van der Waals surface area (Å²) in [4.78, 5) is 11.6. The summed E-state index contributed by atoms with van der Waals surface area (Å²) in [6, 6.07) is 0. The lowest BCUT2D eigenvalue weighted by atomic mass is 9.87. The Balaban J connectivity index is 2.09. The van der Waals surface area contributed by atoms with E-state index in [2.05, 4.69) is 5.32 Å². The summed E-state index contributed by atoms with van der Waals surface area (Å²) in [6.45, 7) is 0.866. The lowest BCUT2D eigenvalue weighted by molar-refractivity contribution is -0.124. The minimum atomic E-state index is -0.0174. The highest BCUT2D eigenvalue weighted by Crippen LogP contribution is 2.41. The Bertz CT molecular complexity index is 179. The SMILES string of the molecule is O=C1NCCSC12CCCCC2. The zero-order valence-electron chi connectivity index (χ0n) is 7.27. The van der Waals surface area contributed by atoms with Crippen LogP contribution in [0, 0.1) is 0 Å². The van der Waals surface area contributed by atoms with Gasteiger partial charge in [0.15, 0.2) is 0 Å². The summed E-state index contributed by atoms with van der Waals surface area (Å²) in [5, 5.41) is 2.98. The molecule has 1 N–H and O–H groups in total. The summed E-state index contributed by atoms with van der Waals surface area (Å²) in [5.74, 6) is 1.41. The lowest BCUT2D eigenvalue weighted by Gasteiger charge is -2.38. The molecule has 0 atom stereocenters. The first-order chi connectivity index (χ1) is 5.83. The number of thioether (sulfide) groups is 1. The summed E-state index contributed by atoms with van der Waals surface area (Å²) in [6.07, 6.45) is 5.99. The highest BCUT2D eigenvalue weighted by molar-refractivity contribution is 8.01. The fourth-order valence-electron chi connectivity index (χ4n) is 2.13. The molecule has 1 saturated carbocycles. The van der Waals surface area contributed by atoms with Crippen molar-refractivity contribution in [1.29, 1.82) is 0 Å². The normalized spacial score (nSPS) is 28.5. The predicted octanol–water partition coefficient (Wildman–Crippen LogP) is 1.55. The van der Waals surface area contributed by atoms with Crippen LogP contribution in [0.15, 0.2) is 0 Å². The number of carbonyl (C=O) groups excluding carboxylic acids is 1. The number of carbonyl (C=O) groups is 1. The van der Waals surface area contributed by atoms with E-state index in [0.29, 0.717) is 5.91 Å². The van der Waals surface area contributed by atoms with Crippen LogP contribution < -0.4 is 5.32 Å². The molecule has 2 fully saturated rings.